The number of carbonyl (C=O) groups excluding carboxylic acids is 2. The summed E-state index contributed by atoms with van der Waals surface area (Å²) in [5, 5.41) is 6.07. The quantitative estimate of drug-likeness (QED) is 0.654. The molecule has 0 saturated carbocycles. The van der Waals surface area contributed by atoms with Crippen LogP contribution in [0.2, 0.25) is 5.02 Å². The Hall–Kier alpha value is -2.77. The van der Waals surface area contributed by atoms with Crippen LogP contribution in [0.4, 0.5) is 5.69 Å². The van der Waals surface area contributed by atoms with Crippen LogP contribution < -0.4 is 25.0 Å². The van der Waals surface area contributed by atoms with Crippen molar-refractivity contribution in [2.45, 2.75) is 6.54 Å². The number of carbonyl (C=O) groups is 2. The van der Waals surface area contributed by atoms with Crippen molar-refractivity contribution in [3.63, 3.8) is 0 Å². The van der Waals surface area contributed by atoms with Crippen molar-refractivity contribution in [1.29, 1.82) is 0 Å². The molecule has 0 fully saturated rings. The number of hydrogen-bond donors (Lipinski definition) is 3. The number of para-hydroxylation sites is 1. The van der Waals surface area contributed by atoms with E-state index in [0.717, 1.165) is 10.5 Å². The molecule has 1 unspecified atom stereocenters. The highest BCUT2D eigenvalue weighted by atomic mass is 35.5. The number of amides is 2. The summed E-state index contributed by atoms with van der Waals surface area (Å²) in [6.45, 7) is 0.938. The normalized spacial score (nSPS) is 13.1. The van der Waals surface area contributed by atoms with E-state index < -0.39 is 0 Å². The first-order valence-electron chi connectivity index (χ1n) is 8.52. The first-order valence-corrected chi connectivity index (χ1v) is 8.90. The maximum atomic E-state index is 12.1. The number of quaternary nitrogens is 1. The van der Waals surface area contributed by atoms with Crippen molar-refractivity contribution in [3.05, 3.63) is 53.1 Å². The van der Waals surface area contributed by atoms with Crippen molar-refractivity contribution in [2.75, 3.05) is 32.2 Å². The van der Waals surface area contributed by atoms with Crippen LogP contribution in [-0.2, 0) is 16.1 Å². The van der Waals surface area contributed by atoms with Gasteiger partial charge in [-0.25, -0.2) is 0 Å². The van der Waals surface area contributed by atoms with Gasteiger partial charge in [-0.1, -0.05) is 29.8 Å². The SMILES string of the molecule is C[NH+](CC(=O)NCc1ccc2c(c1)OCO2)CC(=O)Nc1ccccc1Cl. The predicted octanol–water partition coefficient (Wildman–Crippen LogP) is 0.838. The largest absolute Gasteiger partial charge is 0.454 e. The van der Waals surface area contributed by atoms with Crippen LogP contribution in [0.15, 0.2) is 42.5 Å². The second-order valence-electron chi connectivity index (χ2n) is 6.30. The molecule has 2 aromatic carbocycles. The van der Waals surface area contributed by atoms with Crippen molar-refractivity contribution < 1.29 is 24.0 Å². The molecular weight excluding hydrogens is 370 g/mol. The Balaban J connectivity index is 1.42. The van der Waals surface area contributed by atoms with E-state index in [1.807, 2.05) is 18.2 Å². The number of halogens is 1. The molecule has 7 nitrogen and oxygen atoms in total. The minimum absolute atomic E-state index is 0.143. The van der Waals surface area contributed by atoms with Crippen molar-refractivity contribution in [1.82, 2.24) is 5.32 Å². The number of rotatable bonds is 7. The predicted molar refractivity (Wildman–Crippen MR) is 101 cm³/mol. The van der Waals surface area contributed by atoms with Gasteiger partial charge in [0.2, 0.25) is 6.79 Å². The first-order chi connectivity index (χ1) is 13.0. The van der Waals surface area contributed by atoms with E-state index in [1.165, 1.54) is 0 Å². The second kappa shape index (κ2) is 8.75. The lowest BCUT2D eigenvalue weighted by Gasteiger charge is -2.14. The van der Waals surface area contributed by atoms with Crippen LogP contribution in [0.5, 0.6) is 11.5 Å². The van der Waals surface area contributed by atoms with Gasteiger partial charge < -0.3 is 25.0 Å². The van der Waals surface area contributed by atoms with Crippen LogP contribution >= 0.6 is 11.6 Å². The molecule has 3 rings (SSSR count). The minimum Gasteiger partial charge on any atom is -0.454 e. The lowest BCUT2D eigenvalue weighted by Crippen LogP contribution is -3.11. The van der Waals surface area contributed by atoms with Crippen molar-refractivity contribution in [3.8, 4) is 11.5 Å². The molecule has 1 aliphatic rings. The summed E-state index contributed by atoms with van der Waals surface area (Å²) < 4.78 is 10.6. The Kier molecular flexibility index (Phi) is 6.16. The fraction of sp³-hybridized carbons (Fsp3) is 0.263. The van der Waals surface area contributed by atoms with Gasteiger partial charge in [-0.2, -0.15) is 0 Å². The monoisotopic (exact) mass is 390 g/mol. The second-order valence-corrected chi connectivity index (χ2v) is 6.71. The Labute approximate surface area is 162 Å². The maximum absolute atomic E-state index is 12.1. The number of hydrogen-bond acceptors (Lipinski definition) is 4. The van der Waals surface area contributed by atoms with E-state index in [0.29, 0.717) is 28.8 Å². The fourth-order valence-corrected chi connectivity index (χ4v) is 2.86. The molecule has 1 heterocycles. The van der Waals surface area contributed by atoms with E-state index in [2.05, 4.69) is 10.6 Å². The third kappa shape index (κ3) is 5.35. The van der Waals surface area contributed by atoms with Crippen LogP contribution in [0.3, 0.4) is 0 Å². The highest BCUT2D eigenvalue weighted by Gasteiger charge is 2.16. The van der Waals surface area contributed by atoms with Gasteiger partial charge >= 0.3 is 0 Å². The summed E-state index contributed by atoms with van der Waals surface area (Å²) in [5.74, 6) is 1.04. The van der Waals surface area contributed by atoms with E-state index in [-0.39, 0.29) is 31.7 Å². The average molecular weight is 391 g/mol. The van der Waals surface area contributed by atoms with Gasteiger partial charge in [0, 0.05) is 6.54 Å². The zero-order valence-corrected chi connectivity index (χ0v) is 15.6. The van der Waals surface area contributed by atoms with Gasteiger partial charge in [-0.3, -0.25) is 9.59 Å². The lowest BCUT2D eigenvalue weighted by atomic mass is 10.2. The van der Waals surface area contributed by atoms with Gasteiger partial charge in [0.1, 0.15) is 0 Å². The Bertz CT molecular complexity index is 843. The van der Waals surface area contributed by atoms with E-state index in [4.69, 9.17) is 21.1 Å². The molecule has 0 aromatic heterocycles. The first kappa shape index (κ1) is 19.0. The molecule has 0 spiro atoms. The highest BCUT2D eigenvalue weighted by Crippen LogP contribution is 2.32. The Morgan fingerprint density at radius 1 is 1.07 bits per heavy atom. The van der Waals surface area contributed by atoms with E-state index >= 15 is 0 Å². The third-order valence-electron chi connectivity index (χ3n) is 4.00. The summed E-state index contributed by atoms with van der Waals surface area (Å²) in [6, 6.07) is 12.6. The molecule has 3 N–H and O–H groups in total. The zero-order valence-electron chi connectivity index (χ0n) is 14.9. The summed E-state index contributed by atoms with van der Waals surface area (Å²) in [7, 11) is 1.78. The third-order valence-corrected chi connectivity index (χ3v) is 4.33. The summed E-state index contributed by atoms with van der Waals surface area (Å²) in [4.78, 5) is 25.0. The number of benzene rings is 2. The van der Waals surface area contributed by atoms with Crippen LogP contribution in [0.25, 0.3) is 0 Å². The van der Waals surface area contributed by atoms with Crippen molar-refractivity contribution >= 4 is 29.1 Å². The molecule has 8 heteroatoms. The van der Waals surface area contributed by atoms with Crippen LogP contribution in [0, 0.1) is 0 Å². The molecular formula is C19H21ClN3O4+. The molecule has 0 aliphatic carbocycles. The van der Waals surface area contributed by atoms with Crippen LogP contribution in [-0.4, -0.2) is 38.7 Å². The number of nitrogens with one attached hydrogen (secondary N) is 3. The Morgan fingerprint density at radius 2 is 1.81 bits per heavy atom. The van der Waals surface area contributed by atoms with Gasteiger partial charge in [-0.05, 0) is 29.8 Å². The maximum Gasteiger partial charge on any atom is 0.279 e. The molecule has 0 radical (unpaired) electrons. The molecule has 0 saturated heterocycles. The topological polar surface area (TPSA) is 81.1 Å². The van der Waals surface area contributed by atoms with Gasteiger partial charge in [-0.15, -0.1) is 0 Å². The van der Waals surface area contributed by atoms with E-state index in [1.54, 1.807) is 31.3 Å². The highest BCUT2D eigenvalue weighted by molar-refractivity contribution is 6.33. The number of ether oxygens (including phenoxy) is 2. The molecule has 2 amide bonds. The minimum atomic E-state index is -0.204. The smallest absolute Gasteiger partial charge is 0.279 e. The number of anilines is 1. The molecule has 142 valence electrons. The number of fused-ring (bicyclic) bond motifs is 1. The van der Waals surface area contributed by atoms with Gasteiger partial charge in [0.25, 0.3) is 11.8 Å². The molecule has 1 aliphatic heterocycles. The van der Waals surface area contributed by atoms with E-state index in [9.17, 15) is 9.59 Å². The molecule has 0 bridgehead atoms. The molecule has 2 aromatic rings. The summed E-state index contributed by atoms with van der Waals surface area (Å²) in [6.07, 6.45) is 0. The van der Waals surface area contributed by atoms with Gasteiger partial charge in [0.15, 0.2) is 24.6 Å². The summed E-state index contributed by atoms with van der Waals surface area (Å²) >= 11 is 6.02. The van der Waals surface area contributed by atoms with Gasteiger partial charge in [0.05, 0.1) is 17.8 Å². The molecule has 1 atom stereocenters. The zero-order chi connectivity index (χ0) is 19.2. The lowest BCUT2D eigenvalue weighted by molar-refractivity contribution is -0.862. The number of likely N-dealkylation sites (N-methyl/N-ethyl adjacent to an activating group) is 1. The molecule has 27 heavy (non-hydrogen) atoms. The Morgan fingerprint density at radius 3 is 2.63 bits per heavy atom. The standard InChI is InChI=1S/C19H20ClN3O4/c1-23(11-19(25)22-15-5-3-2-4-14(15)20)10-18(24)21-9-13-6-7-16-17(8-13)27-12-26-16/h2-8H,9-12H2,1H3,(H,21,24)(H,22,25)/p+1. The average Bonchev–Trinajstić information content (AvgIpc) is 3.09. The van der Waals surface area contributed by atoms with Crippen molar-refractivity contribution in [2.24, 2.45) is 0 Å². The summed E-state index contributed by atoms with van der Waals surface area (Å²) in [5.41, 5.74) is 1.48. The fourth-order valence-electron chi connectivity index (χ4n) is 2.68. The van der Waals surface area contributed by atoms with Crippen LogP contribution in [0.1, 0.15) is 5.56 Å².